The van der Waals surface area contributed by atoms with Crippen LogP contribution in [0.25, 0.3) is 32.9 Å². The molecule has 5 heterocycles. The van der Waals surface area contributed by atoms with Gasteiger partial charge in [-0.3, -0.25) is 9.88 Å². The molecule has 1 amide bonds. The molecule has 3 aliphatic heterocycles. The molecule has 3 atom stereocenters. The van der Waals surface area contributed by atoms with E-state index in [1.807, 2.05) is 63.1 Å². The van der Waals surface area contributed by atoms with E-state index < -0.39 is 23.1 Å². The van der Waals surface area contributed by atoms with E-state index in [-0.39, 0.29) is 36.0 Å². The maximum absolute atomic E-state index is 16.8. The van der Waals surface area contributed by atoms with Crippen molar-refractivity contribution >= 4 is 33.6 Å². The number of likely N-dealkylation sites (tertiary alicyclic amines) is 1. The number of fused-ring (bicyclic) bond motifs is 3. The molecule has 7 rings (SSSR count). The fraction of sp³-hybridized carbons (Fsp3) is 0.459. The molecule has 250 valence electrons. The van der Waals surface area contributed by atoms with Gasteiger partial charge in [0.2, 0.25) is 0 Å². The van der Waals surface area contributed by atoms with E-state index in [9.17, 15) is 9.18 Å². The van der Waals surface area contributed by atoms with Gasteiger partial charge in [-0.15, -0.1) is 6.42 Å². The van der Waals surface area contributed by atoms with Gasteiger partial charge in [0.1, 0.15) is 35.4 Å². The first-order chi connectivity index (χ1) is 23.0. The van der Waals surface area contributed by atoms with Gasteiger partial charge in [0.05, 0.1) is 10.9 Å². The third-order valence-electron chi connectivity index (χ3n) is 9.89. The summed E-state index contributed by atoms with van der Waals surface area (Å²) >= 11 is 0. The highest BCUT2D eigenvalue weighted by Crippen LogP contribution is 2.41. The molecule has 0 aliphatic carbocycles. The number of hydrogen-bond acceptors (Lipinski definition) is 8. The molecule has 3 saturated heterocycles. The largest absolute Gasteiger partial charge is 0.461 e. The van der Waals surface area contributed by atoms with E-state index in [2.05, 4.69) is 20.8 Å². The number of pyridine rings is 1. The van der Waals surface area contributed by atoms with E-state index in [1.54, 1.807) is 17.2 Å². The second kappa shape index (κ2) is 12.2. The minimum Gasteiger partial charge on any atom is -0.461 e. The molecule has 4 aromatic rings. The molecule has 0 radical (unpaired) electrons. The van der Waals surface area contributed by atoms with Crippen molar-refractivity contribution < 1.29 is 23.0 Å². The lowest BCUT2D eigenvalue weighted by molar-refractivity contribution is 0.0292. The minimum absolute atomic E-state index is 0.00756. The summed E-state index contributed by atoms with van der Waals surface area (Å²) in [7, 11) is 1.87. The van der Waals surface area contributed by atoms with Crippen molar-refractivity contribution in [2.75, 3.05) is 44.7 Å². The monoisotopic (exact) mass is 654 g/mol. The first-order valence-corrected chi connectivity index (χ1v) is 16.5. The molecule has 0 saturated carbocycles. The molecule has 2 aromatic heterocycles. The van der Waals surface area contributed by atoms with Gasteiger partial charge in [-0.05, 0) is 58.0 Å². The van der Waals surface area contributed by atoms with Crippen LogP contribution in [0.1, 0.15) is 52.0 Å². The molecule has 2 aromatic carbocycles. The molecule has 11 heteroatoms. The van der Waals surface area contributed by atoms with Crippen molar-refractivity contribution in [3.05, 3.63) is 54.0 Å². The number of nitrogens with zero attached hydrogens (tertiary/aromatic N) is 6. The first kappa shape index (κ1) is 32.0. The number of carbonyl (C=O) groups excluding carboxylic acids is 1. The quantitative estimate of drug-likeness (QED) is 0.222. The molecule has 0 spiro atoms. The Morgan fingerprint density at radius 3 is 2.73 bits per heavy atom. The zero-order valence-corrected chi connectivity index (χ0v) is 27.8. The Kier molecular flexibility index (Phi) is 8.10. The number of amides is 1. The fourth-order valence-electron chi connectivity index (χ4n) is 7.57. The van der Waals surface area contributed by atoms with Crippen molar-refractivity contribution in [1.82, 2.24) is 24.8 Å². The van der Waals surface area contributed by atoms with Gasteiger partial charge in [-0.2, -0.15) is 9.97 Å². The number of alkyl halides is 1. The SMILES string of the molecule is C#Cc1cccc2cccc(-c3ncc4c(N(C)C5CCN(C(=O)OC(C)(C)C)C5)nc(OC[C@@]56CCCN5C[C@H](F)C6)nc4c3F)c12. The number of aromatic nitrogens is 3. The van der Waals surface area contributed by atoms with Crippen LogP contribution in [0.2, 0.25) is 0 Å². The highest BCUT2D eigenvalue weighted by atomic mass is 19.1. The van der Waals surface area contributed by atoms with Crippen LogP contribution in [0, 0.1) is 18.2 Å². The third kappa shape index (κ3) is 5.76. The second-order valence-electron chi connectivity index (χ2n) is 14.2. The van der Waals surface area contributed by atoms with Crippen LogP contribution in [0.3, 0.4) is 0 Å². The summed E-state index contributed by atoms with van der Waals surface area (Å²) in [5.41, 5.74) is 0.316. The Labute approximate surface area is 279 Å². The van der Waals surface area contributed by atoms with Gasteiger partial charge in [0.15, 0.2) is 5.82 Å². The van der Waals surface area contributed by atoms with Gasteiger partial charge in [0.25, 0.3) is 0 Å². The molecule has 3 aliphatic rings. The van der Waals surface area contributed by atoms with E-state index in [1.165, 1.54) is 0 Å². The molecule has 9 nitrogen and oxygen atoms in total. The standard InChI is InChI=1S/C37H40F2N6O3/c1-6-23-10-7-11-24-12-8-13-27(29(23)24)31-30(39)32-28(19-40-31)33(43(5)26-14-17-44(21-26)35(46)48-36(2,3)4)42-34(41-32)47-22-37-15-9-16-45(37)20-25(38)18-37/h1,7-8,10-13,19,25-26H,9,14-18,20-22H2,2-5H3/t25-,26?,37+/m1/s1. The second-order valence-corrected chi connectivity index (χ2v) is 14.2. The van der Waals surface area contributed by atoms with Crippen LogP contribution >= 0.6 is 0 Å². The predicted octanol–water partition coefficient (Wildman–Crippen LogP) is 6.37. The lowest BCUT2D eigenvalue weighted by Crippen LogP contribution is -2.43. The summed E-state index contributed by atoms with van der Waals surface area (Å²) in [5.74, 6) is 2.53. The number of benzene rings is 2. The zero-order chi connectivity index (χ0) is 33.8. The summed E-state index contributed by atoms with van der Waals surface area (Å²) < 4.78 is 43.2. The van der Waals surface area contributed by atoms with Crippen LogP contribution in [0.5, 0.6) is 6.01 Å². The molecule has 1 unspecified atom stereocenters. The predicted molar refractivity (Wildman–Crippen MR) is 181 cm³/mol. The summed E-state index contributed by atoms with van der Waals surface area (Å²) in [6.45, 7) is 7.84. The van der Waals surface area contributed by atoms with Crippen LogP contribution in [0.15, 0.2) is 42.6 Å². The molecule has 48 heavy (non-hydrogen) atoms. The normalized spacial score (nSPS) is 22.6. The van der Waals surface area contributed by atoms with Gasteiger partial charge in [-0.25, -0.2) is 13.6 Å². The number of rotatable bonds is 6. The lowest BCUT2D eigenvalue weighted by Gasteiger charge is -2.31. The molecular formula is C37H40F2N6O3. The van der Waals surface area contributed by atoms with Gasteiger partial charge < -0.3 is 19.3 Å². The summed E-state index contributed by atoms with van der Waals surface area (Å²) in [5, 5.41) is 2.01. The smallest absolute Gasteiger partial charge is 0.410 e. The Morgan fingerprint density at radius 1 is 1.17 bits per heavy atom. The average molecular weight is 655 g/mol. The molecular weight excluding hydrogens is 614 g/mol. The molecule has 0 bridgehead atoms. The van der Waals surface area contributed by atoms with Gasteiger partial charge >= 0.3 is 12.1 Å². The minimum atomic E-state index is -0.914. The highest BCUT2D eigenvalue weighted by Gasteiger charge is 2.49. The van der Waals surface area contributed by atoms with Gasteiger partial charge in [-0.1, -0.05) is 36.3 Å². The number of anilines is 1. The van der Waals surface area contributed by atoms with E-state index in [0.717, 1.165) is 30.2 Å². The maximum Gasteiger partial charge on any atom is 0.410 e. The van der Waals surface area contributed by atoms with E-state index >= 15 is 4.39 Å². The number of carbonyl (C=O) groups is 1. The fourth-order valence-corrected chi connectivity index (χ4v) is 7.57. The van der Waals surface area contributed by atoms with Crippen molar-refractivity contribution in [1.29, 1.82) is 0 Å². The van der Waals surface area contributed by atoms with E-state index in [0.29, 0.717) is 54.8 Å². The topological polar surface area (TPSA) is 83.9 Å². The summed E-state index contributed by atoms with van der Waals surface area (Å²) in [4.78, 5) is 32.6. The molecule has 3 fully saturated rings. The van der Waals surface area contributed by atoms with Gasteiger partial charge in [0, 0.05) is 61.9 Å². The third-order valence-corrected chi connectivity index (χ3v) is 9.89. The number of terminal acetylenes is 1. The molecule has 0 N–H and O–H groups in total. The average Bonchev–Trinajstić information content (AvgIpc) is 3.77. The lowest BCUT2D eigenvalue weighted by atomic mass is 9.95. The van der Waals surface area contributed by atoms with Crippen molar-refractivity contribution in [3.63, 3.8) is 0 Å². The maximum atomic E-state index is 16.8. The van der Waals surface area contributed by atoms with Crippen LogP contribution in [-0.2, 0) is 4.74 Å². The van der Waals surface area contributed by atoms with Crippen molar-refractivity contribution in [3.8, 4) is 29.6 Å². The van der Waals surface area contributed by atoms with Crippen molar-refractivity contribution in [2.24, 2.45) is 0 Å². The first-order valence-electron chi connectivity index (χ1n) is 16.5. The Bertz CT molecular complexity index is 1940. The Hall–Kier alpha value is -4.56. The number of hydrogen-bond donors (Lipinski definition) is 0. The van der Waals surface area contributed by atoms with Crippen LogP contribution < -0.4 is 9.64 Å². The highest BCUT2D eigenvalue weighted by molar-refractivity contribution is 6.02. The van der Waals surface area contributed by atoms with Crippen molar-refractivity contribution in [2.45, 2.75) is 69.8 Å². The van der Waals surface area contributed by atoms with Crippen LogP contribution in [0.4, 0.5) is 19.4 Å². The number of ether oxygens (including phenoxy) is 2. The number of halogens is 2. The summed E-state index contributed by atoms with van der Waals surface area (Å²) in [6.07, 6.45) is 8.97. The Balaban J connectivity index is 1.29. The number of likely N-dealkylation sites (N-methyl/N-ethyl adjacent to an activating group) is 1. The summed E-state index contributed by atoms with van der Waals surface area (Å²) in [6, 6.07) is 11.1. The Morgan fingerprint density at radius 2 is 1.96 bits per heavy atom. The van der Waals surface area contributed by atoms with E-state index in [4.69, 9.17) is 20.9 Å². The zero-order valence-electron chi connectivity index (χ0n) is 27.8. The van der Waals surface area contributed by atoms with Crippen LogP contribution in [-0.4, -0.2) is 94.0 Å².